The van der Waals surface area contributed by atoms with E-state index in [1.807, 2.05) is 24.3 Å². The van der Waals surface area contributed by atoms with E-state index in [0.29, 0.717) is 32.6 Å². The Kier molecular flexibility index (Phi) is 5.66. The van der Waals surface area contributed by atoms with Gasteiger partial charge in [-0.25, -0.2) is 9.37 Å². The number of aryl methyl sites for hydroxylation is 1. The number of carbonyl (C=O) groups excluding carboxylic acids is 1. The standard InChI is InChI=1S/C14H23FN4OS/c1-10-17-12(9-21-10)6-19-5-11(15)4-13(19)7-18(3)8-14(20)16-2/h9,11,13H,4-8H2,1-3H3,(H,16,20)/t11-,13-/m0/s1. The third kappa shape index (κ3) is 4.72. The predicted molar refractivity (Wildman–Crippen MR) is 82.1 cm³/mol. The molecule has 0 spiro atoms. The van der Waals surface area contributed by atoms with Crippen molar-refractivity contribution in [1.29, 1.82) is 0 Å². The molecule has 2 heterocycles. The number of halogens is 1. The molecule has 0 aromatic carbocycles. The third-order valence-electron chi connectivity index (χ3n) is 3.72. The van der Waals surface area contributed by atoms with E-state index in [-0.39, 0.29) is 11.9 Å². The minimum absolute atomic E-state index is 0.0195. The summed E-state index contributed by atoms with van der Waals surface area (Å²) >= 11 is 1.62. The number of alkyl halides is 1. The van der Waals surface area contributed by atoms with Crippen molar-refractivity contribution < 1.29 is 9.18 Å². The third-order valence-corrected chi connectivity index (χ3v) is 4.55. The first-order valence-corrected chi connectivity index (χ1v) is 8.04. The van der Waals surface area contributed by atoms with Crippen molar-refractivity contribution in [2.24, 2.45) is 0 Å². The van der Waals surface area contributed by atoms with Crippen LogP contribution in [0.25, 0.3) is 0 Å². The first-order chi connectivity index (χ1) is 9.97. The van der Waals surface area contributed by atoms with Gasteiger partial charge in [-0.05, 0) is 20.4 Å². The second-order valence-electron chi connectivity index (χ2n) is 5.64. The molecule has 1 fully saturated rings. The number of likely N-dealkylation sites (N-methyl/N-ethyl adjacent to an activating group) is 2. The van der Waals surface area contributed by atoms with Crippen LogP contribution in [0, 0.1) is 6.92 Å². The topological polar surface area (TPSA) is 48.5 Å². The fourth-order valence-corrected chi connectivity index (χ4v) is 3.35. The molecule has 0 unspecified atom stereocenters. The van der Waals surface area contributed by atoms with E-state index in [4.69, 9.17) is 0 Å². The molecule has 1 aliphatic heterocycles. The number of aromatic nitrogens is 1. The van der Waals surface area contributed by atoms with Crippen LogP contribution in [-0.4, -0.2) is 66.6 Å². The van der Waals surface area contributed by atoms with Crippen LogP contribution in [0.1, 0.15) is 17.1 Å². The van der Waals surface area contributed by atoms with E-state index in [1.165, 1.54) is 0 Å². The minimum atomic E-state index is -0.789. The molecule has 5 nitrogen and oxygen atoms in total. The number of nitrogens with zero attached hydrogens (tertiary/aromatic N) is 3. The van der Waals surface area contributed by atoms with Gasteiger partial charge >= 0.3 is 0 Å². The molecular weight excluding hydrogens is 291 g/mol. The molecule has 2 rings (SSSR count). The molecular formula is C14H23FN4OS. The van der Waals surface area contributed by atoms with Crippen LogP contribution in [-0.2, 0) is 11.3 Å². The lowest BCUT2D eigenvalue weighted by molar-refractivity contribution is -0.121. The van der Waals surface area contributed by atoms with Gasteiger partial charge in [-0.3, -0.25) is 14.6 Å². The summed E-state index contributed by atoms with van der Waals surface area (Å²) in [4.78, 5) is 19.9. The van der Waals surface area contributed by atoms with Gasteiger partial charge in [0.25, 0.3) is 0 Å². The largest absolute Gasteiger partial charge is 0.358 e. The molecule has 21 heavy (non-hydrogen) atoms. The van der Waals surface area contributed by atoms with Crippen molar-refractivity contribution in [3.8, 4) is 0 Å². The zero-order valence-corrected chi connectivity index (χ0v) is 13.6. The zero-order valence-electron chi connectivity index (χ0n) is 12.8. The van der Waals surface area contributed by atoms with E-state index in [2.05, 4.69) is 15.2 Å². The summed E-state index contributed by atoms with van der Waals surface area (Å²) in [6.45, 7) is 4.15. The Morgan fingerprint density at radius 2 is 2.43 bits per heavy atom. The summed E-state index contributed by atoms with van der Waals surface area (Å²) in [6.07, 6.45) is -0.260. The second kappa shape index (κ2) is 7.29. The summed E-state index contributed by atoms with van der Waals surface area (Å²) in [7, 11) is 3.52. The van der Waals surface area contributed by atoms with Gasteiger partial charge in [0.05, 0.1) is 17.2 Å². The highest BCUT2D eigenvalue weighted by Crippen LogP contribution is 2.23. The Morgan fingerprint density at radius 3 is 3.05 bits per heavy atom. The first-order valence-electron chi connectivity index (χ1n) is 7.16. The SMILES string of the molecule is CNC(=O)CN(C)C[C@@H]1C[C@H](F)CN1Cc1csc(C)n1. The lowest BCUT2D eigenvalue weighted by atomic mass is 10.2. The number of carbonyl (C=O) groups is 1. The summed E-state index contributed by atoms with van der Waals surface area (Å²) in [6, 6.07) is 0.136. The van der Waals surface area contributed by atoms with E-state index in [9.17, 15) is 9.18 Å². The van der Waals surface area contributed by atoms with Crippen LogP contribution in [0.15, 0.2) is 5.38 Å². The van der Waals surface area contributed by atoms with Crippen molar-refractivity contribution >= 4 is 17.2 Å². The van der Waals surface area contributed by atoms with Gasteiger partial charge in [0.1, 0.15) is 6.17 Å². The highest BCUT2D eigenvalue weighted by Gasteiger charge is 2.33. The highest BCUT2D eigenvalue weighted by molar-refractivity contribution is 7.09. The number of hydrogen-bond donors (Lipinski definition) is 1. The van der Waals surface area contributed by atoms with Gasteiger partial charge in [-0.2, -0.15) is 0 Å². The van der Waals surface area contributed by atoms with Crippen molar-refractivity contribution in [1.82, 2.24) is 20.1 Å². The normalized spacial score (nSPS) is 22.9. The van der Waals surface area contributed by atoms with Crippen molar-refractivity contribution in [3.63, 3.8) is 0 Å². The number of nitrogens with one attached hydrogen (secondary N) is 1. The summed E-state index contributed by atoms with van der Waals surface area (Å²) in [5, 5.41) is 5.68. The Bertz CT molecular complexity index is 481. The summed E-state index contributed by atoms with van der Waals surface area (Å²) in [5.41, 5.74) is 1.01. The average molecular weight is 314 g/mol. The number of rotatable bonds is 6. The maximum atomic E-state index is 13.8. The molecule has 7 heteroatoms. The molecule has 0 saturated carbocycles. The molecule has 1 N–H and O–H groups in total. The zero-order chi connectivity index (χ0) is 15.4. The van der Waals surface area contributed by atoms with E-state index in [1.54, 1.807) is 18.4 Å². The lowest BCUT2D eigenvalue weighted by Gasteiger charge is -2.27. The van der Waals surface area contributed by atoms with Crippen molar-refractivity contribution in [3.05, 3.63) is 16.1 Å². The molecule has 1 amide bonds. The Labute approximate surface area is 129 Å². The number of likely N-dealkylation sites (tertiary alicyclic amines) is 1. The smallest absolute Gasteiger partial charge is 0.233 e. The first kappa shape index (κ1) is 16.3. The molecule has 118 valence electrons. The molecule has 2 atom stereocenters. The fraction of sp³-hybridized carbons (Fsp3) is 0.714. The Balaban J connectivity index is 1.91. The molecule has 1 saturated heterocycles. The minimum Gasteiger partial charge on any atom is -0.358 e. The highest BCUT2D eigenvalue weighted by atomic mass is 32.1. The van der Waals surface area contributed by atoms with Crippen LogP contribution >= 0.6 is 11.3 Å². The quantitative estimate of drug-likeness (QED) is 0.852. The summed E-state index contributed by atoms with van der Waals surface area (Å²) in [5.74, 6) is -0.0195. The number of amides is 1. The molecule has 1 aromatic heterocycles. The maximum Gasteiger partial charge on any atom is 0.233 e. The monoisotopic (exact) mass is 314 g/mol. The molecule has 0 radical (unpaired) electrons. The van der Waals surface area contributed by atoms with Crippen molar-refractivity contribution in [2.75, 3.05) is 33.7 Å². The van der Waals surface area contributed by atoms with E-state index >= 15 is 0 Å². The fourth-order valence-electron chi connectivity index (χ4n) is 2.74. The van der Waals surface area contributed by atoms with Gasteiger partial charge in [0.2, 0.25) is 5.91 Å². The molecule has 1 aliphatic rings. The average Bonchev–Trinajstić information content (AvgIpc) is 2.96. The van der Waals surface area contributed by atoms with Crippen LogP contribution in [0.3, 0.4) is 0 Å². The van der Waals surface area contributed by atoms with Gasteiger partial charge in [0.15, 0.2) is 0 Å². The Morgan fingerprint density at radius 1 is 1.67 bits per heavy atom. The van der Waals surface area contributed by atoms with Crippen molar-refractivity contribution in [2.45, 2.75) is 32.1 Å². The Hall–Kier alpha value is -1.05. The van der Waals surface area contributed by atoms with Gasteiger partial charge < -0.3 is 5.32 Å². The number of thiazole rings is 1. The van der Waals surface area contributed by atoms with E-state index < -0.39 is 6.17 Å². The van der Waals surface area contributed by atoms with Crippen LogP contribution in [0.5, 0.6) is 0 Å². The maximum absolute atomic E-state index is 13.8. The summed E-state index contributed by atoms with van der Waals surface area (Å²) < 4.78 is 13.8. The van der Waals surface area contributed by atoms with Crippen LogP contribution in [0.4, 0.5) is 4.39 Å². The van der Waals surface area contributed by atoms with Gasteiger partial charge in [-0.1, -0.05) is 0 Å². The molecule has 1 aromatic rings. The van der Waals surface area contributed by atoms with E-state index in [0.717, 1.165) is 10.7 Å². The molecule has 0 aliphatic carbocycles. The van der Waals surface area contributed by atoms with Crippen LogP contribution < -0.4 is 5.32 Å². The van der Waals surface area contributed by atoms with Crippen LogP contribution in [0.2, 0.25) is 0 Å². The van der Waals surface area contributed by atoms with Gasteiger partial charge in [0, 0.05) is 38.1 Å². The predicted octanol–water partition coefficient (Wildman–Crippen LogP) is 1.04. The van der Waals surface area contributed by atoms with Gasteiger partial charge in [-0.15, -0.1) is 11.3 Å². The molecule has 0 bridgehead atoms. The second-order valence-corrected chi connectivity index (χ2v) is 6.71. The lowest BCUT2D eigenvalue weighted by Crippen LogP contribution is -2.42. The number of hydrogen-bond acceptors (Lipinski definition) is 5.